The van der Waals surface area contributed by atoms with Gasteiger partial charge in [0, 0.05) is 24.6 Å². The number of imidazole rings is 1. The molecule has 0 aromatic carbocycles. The molecule has 15 heavy (non-hydrogen) atoms. The number of amides is 1. The highest BCUT2D eigenvalue weighted by Crippen LogP contribution is 2.07. The van der Waals surface area contributed by atoms with Gasteiger partial charge in [0.2, 0.25) is 0 Å². The molecule has 4 nitrogen and oxygen atoms in total. The van der Waals surface area contributed by atoms with Gasteiger partial charge in [0.15, 0.2) is 0 Å². The molecule has 5 heteroatoms. The Morgan fingerprint density at radius 1 is 1.73 bits per heavy atom. The predicted octanol–water partition coefficient (Wildman–Crippen LogP) is 1.71. The molecule has 0 aliphatic rings. The number of alkyl halides is 1. The van der Waals surface area contributed by atoms with Gasteiger partial charge in [-0.3, -0.25) is 4.79 Å². The van der Waals surface area contributed by atoms with E-state index in [9.17, 15) is 4.79 Å². The van der Waals surface area contributed by atoms with Crippen LogP contribution in [0.3, 0.4) is 0 Å². The molecule has 84 valence electrons. The maximum atomic E-state index is 11.5. The largest absolute Gasteiger partial charge is 0.351 e. The quantitative estimate of drug-likeness (QED) is 0.831. The number of aromatic nitrogens is 2. The zero-order valence-electron chi connectivity index (χ0n) is 9.03. The van der Waals surface area contributed by atoms with E-state index in [1.807, 2.05) is 7.05 Å². The van der Waals surface area contributed by atoms with Crippen molar-refractivity contribution in [1.29, 1.82) is 0 Å². The van der Waals surface area contributed by atoms with Gasteiger partial charge in [-0.2, -0.15) is 0 Å². The van der Waals surface area contributed by atoms with Crippen LogP contribution in [-0.2, 0) is 7.05 Å². The molecule has 0 radical (unpaired) electrons. The minimum Gasteiger partial charge on any atom is -0.351 e. The van der Waals surface area contributed by atoms with Gasteiger partial charge in [-0.25, -0.2) is 4.98 Å². The number of nitrogens with one attached hydrogen (secondary N) is 1. The highest BCUT2D eigenvalue weighted by atomic mass is 79.9. The van der Waals surface area contributed by atoms with Crippen molar-refractivity contribution >= 4 is 21.8 Å². The van der Waals surface area contributed by atoms with Crippen molar-refractivity contribution in [1.82, 2.24) is 14.9 Å². The van der Waals surface area contributed by atoms with Crippen LogP contribution in [0.4, 0.5) is 0 Å². The molecule has 1 rings (SSSR count). The van der Waals surface area contributed by atoms with Crippen LogP contribution < -0.4 is 5.32 Å². The number of halogens is 1. The Bertz CT molecular complexity index is 324. The van der Waals surface area contributed by atoms with Crippen molar-refractivity contribution in [3.8, 4) is 0 Å². The molecule has 0 bridgehead atoms. The monoisotopic (exact) mass is 273 g/mol. The molecule has 0 saturated carbocycles. The average molecular weight is 274 g/mol. The Morgan fingerprint density at radius 2 is 2.47 bits per heavy atom. The van der Waals surface area contributed by atoms with Crippen LogP contribution in [-0.4, -0.2) is 26.8 Å². The summed E-state index contributed by atoms with van der Waals surface area (Å²) in [6.45, 7) is 2.79. The van der Waals surface area contributed by atoms with Crippen molar-refractivity contribution in [2.75, 3.05) is 6.54 Å². The van der Waals surface area contributed by atoms with E-state index < -0.39 is 0 Å². The third-order valence-corrected chi connectivity index (χ3v) is 3.23. The Kier molecular flexibility index (Phi) is 4.81. The standard InChI is InChI=1S/C10H16BrN3O/c1-3-8(11)4-5-12-10(15)9-6-14(2)7-13-9/h6-8H,3-5H2,1-2H3,(H,12,15). The normalized spacial score (nSPS) is 12.5. The summed E-state index contributed by atoms with van der Waals surface area (Å²) >= 11 is 3.52. The lowest BCUT2D eigenvalue weighted by Crippen LogP contribution is -2.26. The molecular weight excluding hydrogens is 258 g/mol. The number of rotatable bonds is 5. The van der Waals surface area contributed by atoms with Crippen LogP contribution in [0.1, 0.15) is 30.3 Å². The number of aryl methyl sites for hydroxylation is 1. The second-order valence-electron chi connectivity index (χ2n) is 3.47. The van der Waals surface area contributed by atoms with Gasteiger partial charge in [-0.05, 0) is 12.8 Å². The maximum absolute atomic E-state index is 11.5. The van der Waals surface area contributed by atoms with Crippen molar-refractivity contribution < 1.29 is 4.79 Å². The Morgan fingerprint density at radius 3 is 3.00 bits per heavy atom. The van der Waals surface area contributed by atoms with Gasteiger partial charge in [0.1, 0.15) is 5.69 Å². The molecular formula is C10H16BrN3O. The van der Waals surface area contributed by atoms with Gasteiger partial charge in [-0.15, -0.1) is 0 Å². The highest BCUT2D eigenvalue weighted by Gasteiger charge is 2.08. The molecule has 1 aromatic heterocycles. The average Bonchev–Trinajstić information content (AvgIpc) is 2.64. The highest BCUT2D eigenvalue weighted by molar-refractivity contribution is 9.09. The van der Waals surface area contributed by atoms with E-state index in [4.69, 9.17) is 0 Å². The molecule has 1 atom stereocenters. The van der Waals surface area contributed by atoms with Crippen molar-refractivity contribution in [2.24, 2.45) is 7.05 Å². The molecule has 1 unspecified atom stereocenters. The van der Waals surface area contributed by atoms with Crippen LogP contribution in [0.25, 0.3) is 0 Å². The van der Waals surface area contributed by atoms with E-state index in [1.165, 1.54) is 0 Å². The number of carbonyl (C=O) groups excluding carboxylic acids is 1. The molecule has 0 aliphatic carbocycles. The van der Waals surface area contributed by atoms with E-state index in [0.717, 1.165) is 12.8 Å². The zero-order chi connectivity index (χ0) is 11.3. The molecule has 0 saturated heterocycles. The molecule has 0 spiro atoms. The van der Waals surface area contributed by atoms with Gasteiger partial charge in [0.25, 0.3) is 5.91 Å². The van der Waals surface area contributed by atoms with Crippen molar-refractivity contribution in [3.05, 3.63) is 18.2 Å². The third-order valence-electron chi connectivity index (χ3n) is 2.12. The Labute approximate surface area is 98.2 Å². The third kappa shape index (κ3) is 4.03. The number of hydrogen-bond acceptors (Lipinski definition) is 2. The smallest absolute Gasteiger partial charge is 0.271 e. The zero-order valence-corrected chi connectivity index (χ0v) is 10.6. The summed E-state index contributed by atoms with van der Waals surface area (Å²) in [6, 6.07) is 0. The van der Waals surface area contributed by atoms with Crippen LogP contribution in [0.15, 0.2) is 12.5 Å². The summed E-state index contributed by atoms with van der Waals surface area (Å²) in [6.07, 6.45) is 5.34. The van der Waals surface area contributed by atoms with Crippen LogP contribution >= 0.6 is 15.9 Å². The van der Waals surface area contributed by atoms with Gasteiger partial charge in [0.05, 0.1) is 6.33 Å². The minimum atomic E-state index is -0.105. The predicted molar refractivity (Wildman–Crippen MR) is 63.2 cm³/mol. The first kappa shape index (κ1) is 12.2. The van der Waals surface area contributed by atoms with Crippen molar-refractivity contribution in [2.45, 2.75) is 24.6 Å². The van der Waals surface area contributed by atoms with E-state index in [2.05, 4.69) is 33.2 Å². The topological polar surface area (TPSA) is 46.9 Å². The summed E-state index contributed by atoms with van der Waals surface area (Å²) in [5.74, 6) is -0.105. The summed E-state index contributed by atoms with van der Waals surface area (Å²) in [5.41, 5.74) is 0.472. The molecule has 0 aliphatic heterocycles. The molecule has 1 heterocycles. The minimum absolute atomic E-state index is 0.105. The van der Waals surface area contributed by atoms with E-state index >= 15 is 0 Å². The first-order chi connectivity index (χ1) is 7.13. The number of carbonyl (C=O) groups is 1. The fraction of sp³-hybridized carbons (Fsp3) is 0.600. The van der Waals surface area contributed by atoms with Gasteiger partial charge < -0.3 is 9.88 Å². The summed E-state index contributed by atoms with van der Waals surface area (Å²) in [4.78, 5) is 16.0. The van der Waals surface area contributed by atoms with E-state index in [-0.39, 0.29) is 5.91 Å². The fourth-order valence-electron chi connectivity index (χ4n) is 1.17. The Hall–Kier alpha value is -0.840. The number of hydrogen-bond donors (Lipinski definition) is 1. The van der Waals surface area contributed by atoms with E-state index in [0.29, 0.717) is 17.1 Å². The lowest BCUT2D eigenvalue weighted by atomic mass is 10.2. The summed E-state index contributed by atoms with van der Waals surface area (Å²) < 4.78 is 1.76. The fourth-order valence-corrected chi connectivity index (χ4v) is 1.40. The Balaban J connectivity index is 2.31. The molecule has 1 amide bonds. The molecule has 1 N–H and O–H groups in total. The first-order valence-electron chi connectivity index (χ1n) is 5.03. The maximum Gasteiger partial charge on any atom is 0.271 e. The second-order valence-corrected chi connectivity index (χ2v) is 4.77. The van der Waals surface area contributed by atoms with E-state index in [1.54, 1.807) is 17.1 Å². The second kappa shape index (κ2) is 5.90. The summed E-state index contributed by atoms with van der Waals surface area (Å²) in [5, 5.41) is 2.83. The summed E-state index contributed by atoms with van der Waals surface area (Å²) in [7, 11) is 1.84. The van der Waals surface area contributed by atoms with Gasteiger partial charge in [-0.1, -0.05) is 22.9 Å². The SMILES string of the molecule is CCC(Br)CCNC(=O)c1cn(C)cn1. The van der Waals surface area contributed by atoms with Crippen LogP contribution in [0.5, 0.6) is 0 Å². The lowest BCUT2D eigenvalue weighted by Gasteiger charge is -2.06. The van der Waals surface area contributed by atoms with Crippen LogP contribution in [0, 0.1) is 0 Å². The molecule has 1 aromatic rings. The molecule has 0 fully saturated rings. The van der Waals surface area contributed by atoms with Crippen LogP contribution in [0.2, 0.25) is 0 Å². The first-order valence-corrected chi connectivity index (χ1v) is 5.95. The van der Waals surface area contributed by atoms with Gasteiger partial charge >= 0.3 is 0 Å². The number of nitrogens with zero attached hydrogens (tertiary/aromatic N) is 2. The van der Waals surface area contributed by atoms with Crippen molar-refractivity contribution in [3.63, 3.8) is 0 Å². The lowest BCUT2D eigenvalue weighted by molar-refractivity contribution is 0.0948.